The molecule has 0 radical (unpaired) electrons. The molecule has 0 heterocycles. The molecule has 2 rings (SSSR count). The quantitative estimate of drug-likeness (QED) is 0.375. The number of carbonyl (C=O) groups is 2. The minimum atomic E-state index is -3.54. The summed E-state index contributed by atoms with van der Waals surface area (Å²) in [4.78, 5) is 28.3. The van der Waals surface area contributed by atoms with E-state index in [1.54, 1.807) is 18.1 Å². The zero-order chi connectivity index (χ0) is 28.5. The average Bonchev–Trinajstić information content (AvgIpc) is 2.87. The first-order chi connectivity index (χ1) is 17.9. The van der Waals surface area contributed by atoms with E-state index < -0.39 is 16.1 Å². The van der Waals surface area contributed by atoms with Crippen LogP contribution in [0, 0.1) is 13.8 Å². The number of benzene rings is 2. The van der Waals surface area contributed by atoms with E-state index >= 15 is 0 Å². The van der Waals surface area contributed by atoms with Crippen LogP contribution in [-0.4, -0.2) is 57.1 Å². The number of carbonyl (C=O) groups excluding carboxylic acids is 2. The van der Waals surface area contributed by atoms with Crippen LogP contribution in [-0.2, 0) is 26.2 Å². The van der Waals surface area contributed by atoms with Crippen LogP contribution < -0.4 is 14.4 Å². The topological polar surface area (TPSA) is 96.0 Å². The maximum atomic E-state index is 13.6. The van der Waals surface area contributed by atoms with Crippen LogP contribution in [0.3, 0.4) is 0 Å². The Bertz CT molecular complexity index is 1200. The summed E-state index contributed by atoms with van der Waals surface area (Å²) < 4.78 is 31.8. The van der Waals surface area contributed by atoms with Crippen LogP contribution >= 0.6 is 0 Å². The van der Waals surface area contributed by atoms with E-state index in [-0.39, 0.29) is 37.4 Å². The number of ether oxygens (including phenoxy) is 1. The number of amides is 2. The van der Waals surface area contributed by atoms with Gasteiger partial charge < -0.3 is 15.0 Å². The van der Waals surface area contributed by atoms with Crippen molar-refractivity contribution in [3.8, 4) is 5.75 Å². The lowest BCUT2D eigenvalue weighted by Crippen LogP contribution is -2.50. The summed E-state index contributed by atoms with van der Waals surface area (Å²) in [6.07, 6.45) is 2.83. The number of hydrogen-bond donors (Lipinski definition) is 1. The third-order valence-corrected chi connectivity index (χ3v) is 8.00. The van der Waals surface area contributed by atoms with E-state index in [4.69, 9.17) is 4.74 Å². The van der Waals surface area contributed by atoms with Crippen molar-refractivity contribution in [1.29, 1.82) is 0 Å². The SMILES string of the molecule is CC[C@H](C(=O)N[C@@H](C)CC)N(Cc1cccc(OC)c1)C(=O)CCCN(c1ccc(C)c(C)c1)S(C)(=O)=O. The van der Waals surface area contributed by atoms with Crippen LogP contribution in [0.5, 0.6) is 5.75 Å². The fourth-order valence-electron chi connectivity index (χ4n) is 4.21. The molecule has 2 atom stereocenters. The Hall–Kier alpha value is -3.07. The Morgan fingerprint density at radius 2 is 1.74 bits per heavy atom. The Labute approximate surface area is 228 Å². The van der Waals surface area contributed by atoms with Gasteiger partial charge in [-0.05, 0) is 81.0 Å². The van der Waals surface area contributed by atoms with Crippen molar-refractivity contribution in [3.05, 3.63) is 59.2 Å². The minimum absolute atomic E-state index is 0.00777. The fraction of sp³-hybridized carbons (Fsp3) is 0.517. The molecule has 38 heavy (non-hydrogen) atoms. The predicted molar refractivity (Wildman–Crippen MR) is 153 cm³/mol. The molecule has 0 fully saturated rings. The van der Waals surface area contributed by atoms with E-state index in [0.717, 1.165) is 23.1 Å². The van der Waals surface area contributed by atoms with Gasteiger partial charge in [-0.2, -0.15) is 0 Å². The highest BCUT2D eigenvalue weighted by Gasteiger charge is 2.29. The van der Waals surface area contributed by atoms with Crippen LogP contribution in [0.25, 0.3) is 0 Å². The Morgan fingerprint density at radius 1 is 1.03 bits per heavy atom. The summed E-state index contributed by atoms with van der Waals surface area (Å²) in [7, 11) is -1.96. The van der Waals surface area contributed by atoms with Gasteiger partial charge in [0.05, 0.1) is 19.1 Å². The number of rotatable bonds is 14. The third kappa shape index (κ3) is 8.75. The van der Waals surface area contributed by atoms with Gasteiger partial charge in [0.2, 0.25) is 21.8 Å². The molecule has 0 saturated carbocycles. The van der Waals surface area contributed by atoms with Crippen molar-refractivity contribution in [2.45, 2.75) is 78.9 Å². The zero-order valence-electron chi connectivity index (χ0n) is 23.8. The Morgan fingerprint density at radius 3 is 2.32 bits per heavy atom. The molecule has 210 valence electrons. The molecule has 0 aromatic heterocycles. The molecule has 2 amide bonds. The molecule has 0 bridgehead atoms. The van der Waals surface area contributed by atoms with E-state index in [9.17, 15) is 18.0 Å². The summed E-state index contributed by atoms with van der Waals surface area (Å²) in [5, 5.41) is 3.00. The number of sulfonamides is 1. The van der Waals surface area contributed by atoms with Crippen molar-refractivity contribution in [2.24, 2.45) is 0 Å². The number of nitrogens with one attached hydrogen (secondary N) is 1. The number of methoxy groups -OCH3 is 1. The number of anilines is 1. The summed E-state index contributed by atoms with van der Waals surface area (Å²) >= 11 is 0. The second-order valence-corrected chi connectivity index (χ2v) is 11.7. The lowest BCUT2D eigenvalue weighted by Gasteiger charge is -2.32. The molecule has 2 aromatic rings. The second-order valence-electron chi connectivity index (χ2n) is 9.82. The third-order valence-electron chi connectivity index (χ3n) is 6.80. The van der Waals surface area contributed by atoms with Gasteiger partial charge in [-0.25, -0.2) is 8.42 Å². The van der Waals surface area contributed by atoms with E-state index in [2.05, 4.69) is 5.32 Å². The highest BCUT2D eigenvalue weighted by Crippen LogP contribution is 2.23. The maximum Gasteiger partial charge on any atom is 0.243 e. The lowest BCUT2D eigenvalue weighted by atomic mass is 10.1. The van der Waals surface area contributed by atoms with Crippen molar-refractivity contribution in [3.63, 3.8) is 0 Å². The highest BCUT2D eigenvalue weighted by atomic mass is 32.2. The Balaban J connectivity index is 2.26. The van der Waals surface area contributed by atoms with Crippen LogP contribution in [0.2, 0.25) is 0 Å². The Kier molecular flexibility index (Phi) is 11.6. The standard InChI is InChI=1S/C29H43N3O5S/c1-8-23(5)30-29(34)27(9-2)31(20-24-12-10-13-26(19-24)37-6)28(33)14-11-17-32(38(7,35)36)25-16-15-21(3)22(4)18-25/h10,12-13,15-16,18-19,23,27H,8-9,11,14,17,20H2,1-7H3,(H,30,34)/t23-,27+/m0/s1. The van der Waals surface area contributed by atoms with E-state index in [1.165, 1.54) is 10.6 Å². The van der Waals surface area contributed by atoms with Crippen molar-refractivity contribution >= 4 is 27.5 Å². The van der Waals surface area contributed by atoms with Crippen molar-refractivity contribution in [1.82, 2.24) is 10.2 Å². The molecular weight excluding hydrogens is 502 g/mol. The summed E-state index contributed by atoms with van der Waals surface area (Å²) in [6.45, 7) is 10.1. The normalized spacial score (nSPS) is 12.9. The van der Waals surface area contributed by atoms with Crippen LogP contribution in [0.4, 0.5) is 5.69 Å². The van der Waals surface area contributed by atoms with E-state index in [1.807, 2.05) is 71.0 Å². The molecule has 0 aliphatic carbocycles. The van der Waals surface area contributed by atoms with Crippen LogP contribution in [0.1, 0.15) is 63.1 Å². The first kappa shape index (κ1) is 31.1. The number of nitrogens with zero attached hydrogens (tertiary/aromatic N) is 2. The molecule has 2 aromatic carbocycles. The average molecular weight is 546 g/mol. The van der Waals surface area contributed by atoms with Gasteiger partial charge in [0.25, 0.3) is 0 Å². The molecular formula is C29H43N3O5S. The van der Waals surface area contributed by atoms with Gasteiger partial charge in [0.15, 0.2) is 0 Å². The number of aryl methyl sites for hydroxylation is 2. The van der Waals surface area contributed by atoms with Gasteiger partial charge in [-0.15, -0.1) is 0 Å². The van der Waals surface area contributed by atoms with Crippen molar-refractivity contribution in [2.75, 3.05) is 24.2 Å². The predicted octanol–water partition coefficient (Wildman–Crippen LogP) is 4.58. The fourth-order valence-corrected chi connectivity index (χ4v) is 5.17. The van der Waals surface area contributed by atoms with Crippen LogP contribution in [0.15, 0.2) is 42.5 Å². The van der Waals surface area contributed by atoms with Gasteiger partial charge in [0.1, 0.15) is 11.8 Å². The first-order valence-electron chi connectivity index (χ1n) is 13.2. The lowest BCUT2D eigenvalue weighted by molar-refractivity contribution is -0.141. The molecule has 0 spiro atoms. The second kappa shape index (κ2) is 14.2. The van der Waals surface area contributed by atoms with Gasteiger partial charge in [-0.3, -0.25) is 13.9 Å². The molecule has 1 N–H and O–H groups in total. The van der Waals surface area contributed by atoms with Gasteiger partial charge in [0, 0.05) is 25.6 Å². The molecule has 0 aliphatic heterocycles. The molecule has 0 aliphatic rings. The largest absolute Gasteiger partial charge is 0.497 e. The van der Waals surface area contributed by atoms with Crippen molar-refractivity contribution < 1.29 is 22.7 Å². The van der Waals surface area contributed by atoms with Gasteiger partial charge in [-0.1, -0.05) is 32.0 Å². The summed E-state index contributed by atoms with van der Waals surface area (Å²) in [6, 6.07) is 12.3. The molecule has 9 heteroatoms. The maximum absolute atomic E-state index is 13.6. The minimum Gasteiger partial charge on any atom is -0.497 e. The first-order valence-corrected chi connectivity index (χ1v) is 15.0. The van der Waals surface area contributed by atoms with Gasteiger partial charge >= 0.3 is 0 Å². The number of hydrogen-bond acceptors (Lipinski definition) is 5. The van der Waals surface area contributed by atoms with E-state index in [0.29, 0.717) is 24.3 Å². The summed E-state index contributed by atoms with van der Waals surface area (Å²) in [5.74, 6) is 0.280. The zero-order valence-corrected chi connectivity index (χ0v) is 24.6. The molecule has 0 unspecified atom stereocenters. The highest BCUT2D eigenvalue weighted by molar-refractivity contribution is 7.92. The summed E-state index contributed by atoms with van der Waals surface area (Å²) in [5.41, 5.74) is 3.50. The molecule has 8 nitrogen and oxygen atoms in total. The monoisotopic (exact) mass is 545 g/mol. The molecule has 0 saturated heterocycles. The smallest absolute Gasteiger partial charge is 0.243 e.